The molecule has 3 aliphatic heterocycles. The molecule has 0 saturated carbocycles. The molecule has 0 aliphatic carbocycles. The van der Waals surface area contributed by atoms with Crippen LogP contribution in [0.25, 0.3) is 0 Å². The van der Waals surface area contributed by atoms with Crippen molar-refractivity contribution in [1.29, 1.82) is 0 Å². The van der Waals surface area contributed by atoms with Gasteiger partial charge in [0.05, 0.1) is 40.8 Å². The van der Waals surface area contributed by atoms with E-state index >= 15 is 0 Å². The molecule has 3 fully saturated rings. The van der Waals surface area contributed by atoms with E-state index in [1.807, 2.05) is 87.5 Å². The summed E-state index contributed by atoms with van der Waals surface area (Å²) in [6, 6.07) is 22.7. The molecular weight excluding hydrogens is 578 g/mol. The van der Waals surface area contributed by atoms with E-state index in [4.69, 9.17) is 16.3 Å². The van der Waals surface area contributed by atoms with Crippen LogP contribution >= 0.6 is 11.6 Å². The Labute approximate surface area is 262 Å². The fourth-order valence-corrected chi connectivity index (χ4v) is 8.05. The summed E-state index contributed by atoms with van der Waals surface area (Å²) in [5, 5.41) is 17.1. The number of fused-ring (bicyclic) bond motifs is 1. The number of halogens is 1. The molecule has 3 aliphatic rings. The topological polar surface area (TPSA) is 108 Å². The van der Waals surface area contributed by atoms with Crippen molar-refractivity contribution in [3.63, 3.8) is 0 Å². The Balaban J connectivity index is 1.40. The first-order chi connectivity index (χ1) is 21.1. The van der Waals surface area contributed by atoms with Crippen molar-refractivity contribution in [2.45, 2.75) is 63.4 Å². The average Bonchev–Trinajstić information content (AvgIpc) is 3.54. The highest BCUT2D eigenvalue weighted by Gasteiger charge is 2.80. The smallest absolute Gasteiger partial charge is 0.250 e. The molecule has 3 aromatic carbocycles. The van der Waals surface area contributed by atoms with E-state index in [1.165, 1.54) is 4.90 Å². The largest absolute Gasteiger partial charge is 0.394 e. The molecule has 230 valence electrons. The number of anilines is 1. The van der Waals surface area contributed by atoms with Crippen molar-refractivity contribution in [3.05, 3.63) is 101 Å². The Morgan fingerprint density at radius 3 is 2.32 bits per heavy atom. The van der Waals surface area contributed by atoms with Crippen LogP contribution in [0.4, 0.5) is 5.69 Å². The van der Waals surface area contributed by atoms with E-state index in [-0.39, 0.29) is 24.3 Å². The number of amides is 3. The predicted molar refractivity (Wildman–Crippen MR) is 168 cm³/mol. The van der Waals surface area contributed by atoms with Gasteiger partial charge in [0, 0.05) is 6.54 Å². The predicted octanol–water partition coefficient (Wildman–Crippen LogP) is 4.52. The van der Waals surface area contributed by atoms with Crippen molar-refractivity contribution < 1.29 is 24.2 Å². The summed E-state index contributed by atoms with van der Waals surface area (Å²) in [5.74, 6) is -2.92. The van der Waals surface area contributed by atoms with Gasteiger partial charge >= 0.3 is 0 Å². The van der Waals surface area contributed by atoms with Gasteiger partial charge in [-0.05, 0) is 55.4 Å². The second-order valence-corrected chi connectivity index (χ2v) is 13.0. The van der Waals surface area contributed by atoms with Crippen molar-refractivity contribution in [1.82, 2.24) is 10.2 Å². The van der Waals surface area contributed by atoms with Gasteiger partial charge in [0.1, 0.15) is 11.6 Å². The standard InChI is InChI=1S/C35H38ClN3O5/c1-21-11-10-16-26(36)29(21)38-32(42)30-35-18-22(2)34(3,44-35)27(31(41)37-19-24-14-8-5-9-15-24)28(35)33(43)39(30)25(20-40)17-23-12-6-4-7-13-23/h4-16,22,25,27-28,30,40H,17-20H2,1-3H3,(H,37,41)(H,38,42)/t22?,25-,27-,28+,30?,34+,35?/m1/s1. The molecule has 8 nitrogen and oxygen atoms in total. The van der Waals surface area contributed by atoms with E-state index in [0.717, 1.165) is 16.7 Å². The Hall–Kier alpha value is -3.72. The summed E-state index contributed by atoms with van der Waals surface area (Å²) in [6.45, 7) is 5.68. The number of nitrogens with zero attached hydrogens (tertiary/aromatic N) is 1. The summed E-state index contributed by atoms with van der Waals surface area (Å²) < 4.78 is 6.85. The van der Waals surface area contributed by atoms with Crippen LogP contribution in [0.2, 0.25) is 5.02 Å². The number of nitrogens with one attached hydrogen (secondary N) is 2. The minimum Gasteiger partial charge on any atom is -0.394 e. The van der Waals surface area contributed by atoms with E-state index in [2.05, 4.69) is 10.6 Å². The number of para-hydroxylation sites is 1. The molecule has 6 rings (SSSR count). The highest BCUT2D eigenvalue weighted by atomic mass is 35.5. The summed E-state index contributed by atoms with van der Waals surface area (Å²) in [5.41, 5.74) is 0.863. The number of likely N-dealkylation sites (tertiary alicyclic amines) is 1. The van der Waals surface area contributed by atoms with E-state index in [9.17, 15) is 19.5 Å². The Morgan fingerprint density at radius 1 is 1.02 bits per heavy atom. The molecule has 3 unspecified atom stereocenters. The highest BCUT2D eigenvalue weighted by Crippen LogP contribution is 2.65. The first kappa shape index (κ1) is 30.3. The van der Waals surface area contributed by atoms with E-state index < -0.39 is 41.0 Å². The maximum absolute atomic E-state index is 14.7. The SMILES string of the molecule is Cc1cccc(Cl)c1NC(=O)C1N([C@@H](CO)Cc2ccccc2)C(=O)[C@@H]2[C@H](C(=O)NCc3ccccc3)[C@@]3(C)OC12CC3C. The molecule has 3 aromatic rings. The van der Waals surface area contributed by atoms with Crippen LogP contribution in [0.5, 0.6) is 0 Å². The zero-order valence-corrected chi connectivity index (χ0v) is 25.9. The molecule has 7 atom stereocenters. The lowest BCUT2D eigenvalue weighted by atomic mass is 9.62. The first-order valence-corrected chi connectivity index (χ1v) is 15.5. The number of hydrogen-bond donors (Lipinski definition) is 3. The van der Waals surface area contributed by atoms with Gasteiger partial charge in [-0.2, -0.15) is 0 Å². The Bertz CT molecular complexity index is 1550. The summed E-state index contributed by atoms with van der Waals surface area (Å²) in [6.07, 6.45) is 0.750. The number of aliphatic hydroxyl groups excluding tert-OH is 1. The lowest BCUT2D eigenvalue weighted by Gasteiger charge is -2.37. The van der Waals surface area contributed by atoms with E-state index in [0.29, 0.717) is 30.1 Å². The number of aryl methyl sites for hydroxylation is 1. The van der Waals surface area contributed by atoms with Gasteiger partial charge in [-0.15, -0.1) is 0 Å². The summed E-state index contributed by atoms with van der Waals surface area (Å²) >= 11 is 6.51. The van der Waals surface area contributed by atoms with Gasteiger partial charge < -0.3 is 25.4 Å². The third-order valence-corrected chi connectivity index (χ3v) is 10.3. The Kier molecular flexibility index (Phi) is 8.03. The van der Waals surface area contributed by atoms with Crippen LogP contribution in [0, 0.1) is 24.7 Å². The minimum atomic E-state index is -1.26. The van der Waals surface area contributed by atoms with Gasteiger partial charge in [0.2, 0.25) is 17.7 Å². The average molecular weight is 616 g/mol. The molecule has 44 heavy (non-hydrogen) atoms. The molecule has 3 amide bonds. The van der Waals surface area contributed by atoms with Crippen LogP contribution in [0.3, 0.4) is 0 Å². The van der Waals surface area contributed by atoms with Crippen LogP contribution in [-0.2, 0) is 32.1 Å². The highest BCUT2D eigenvalue weighted by molar-refractivity contribution is 6.34. The van der Waals surface area contributed by atoms with Gasteiger partial charge in [0.25, 0.3) is 0 Å². The molecule has 0 radical (unpaired) electrons. The molecule has 0 aromatic heterocycles. The number of aliphatic hydroxyl groups is 1. The third-order valence-electron chi connectivity index (χ3n) is 9.98. The summed E-state index contributed by atoms with van der Waals surface area (Å²) in [4.78, 5) is 44.6. The summed E-state index contributed by atoms with van der Waals surface area (Å²) in [7, 11) is 0. The number of carbonyl (C=O) groups is 3. The first-order valence-electron chi connectivity index (χ1n) is 15.2. The second-order valence-electron chi connectivity index (χ2n) is 12.6. The van der Waals surface area contributed by atoms with E-state index in [1.54, 1.807) is 12.1 Å². The molecule has 3 heterocycles. The zero-order valence-electron chi connectivity index (χ0n) is 25.1. The van der Waals surface area contributed by atoms with Gasteiger partial charge in [0.15, 0.2) is 0 Å². The van der Waals surface area contributed by atoms with Crippen LogP contribution in [0.1, 0.15) is 37.0 Å². The van der Waals surface area contributed by atoms with Crippen LogP contribution < -0.4 is 10.6 Å². The number of rotatable bonds is 9. The molecule has 2 bridgehead atoms. The monoisotopic (exact) mass is 615 g/mol. The number of carbonyl (C=O) groups excluding carboxylic acids is 3. The van der Waals surface area contributed by atoms with Gasteiger partial charge in [-0.25, -0.2) is 0 Å². The number of benzene rings is 3. The quantitative estimate of drug-likeness (QED) is 0.328. The van der Waals surface area contributed by atoms with Crippen molar-refractivity contribution in [2.75, 3.05) is 11.9 Å². The maximum Gasteiger partial charge on any atom is 0.250 e. The maximum atomic E-state index is 14.7. The lowest BCUT2D eigenvalue weighted by molar-refractivity contribution is -0.149. The van der Waals surface area contributed by atoms with Gasteiger partial charge in [-0.1, -0.05) is 91.3 Å². The fraction of sp³-hybridized carbons (Fsp3) is 0.400. The van der Waals surface area contributed by atoms with Gasteiger partial charge in [-0.3, -0.25) is 14.4 Å². The van der Waals surface area contributed by atoms with Crippen LogP contribution in [0.15, 0.2) is 78.9 Å². The van der Waals surface area contributed by atoms with Crippen molar-refractivity contribution >= 4 is 35.0 Å². The Morgan fingerprint density at radius 2 is 1.68 bits per heavy atom. The molecule has 3 N–H and O–H groups in total. The van der Waals surface area contributed by atoms with Crippen molar-refractivity contribution in [2.24, 2.45) is 17.8 Å². The normalized spacial score (nSPS) is 29.4. The lowest BCUT2D eigenvalue weighted by Crippen LogP contribution is -2.57. The fourth-order valence-electron chi connectivity index (χ4n) is 7.78. The third kappa shape index (κ3) is 4.89. The molecular formula is C35H38ClN3O5. The van der Waals surface area contributed by atoms with Crippen molar-refractivity contribution in [3.8, 4) is 0 Å². The number of hydrogen-bond acceptors (Lipinski definition) is 5. The zero-order chi connectivity index (χ0) is 31.2. The molecule has 1 spiro atoms. The second kappa shape index (κ2) is 11.7. The molecule has 9 heteroatoms. The minimum absolute atomic E-state index is 0.113. The molecule has 3 saturated heterocycles. The van der Waals surface area contributed by atoms with Crippen LogP contribution in [-0.4, -0.2) is 57.6 Å². The number of ether oxygens (including phenoxy) is 1.